The topological polar surface area (TPSA) is 41.3 Å². The second kappa shape index (κ2) is 8.70. The van der Waals surface area contributed by atoms with Crippen molar-refractivity contribution in [2.45, 2.75) is 32.7 Å². The molecule has 0 amide bonds. The first kappa shape index (κ1) is 20.1. The Morgan fingerprint density at radius 2 is 1.86 bits per heavy atom. The molecule has 0 bridgehead atoms. The molecule has 0 atom stereocenters. The molecule has 1 aliphatic heterocycles. The fourth-order valence-electron chi connectivity index (χ4n) is 4.27. The number of benzene rings is 2. The van der Waals surface area contributed by atoms with Gasteiger partial charge in [-0.2, -0.15) is 5.10 Å². The molecule has 0 spiro atoms. The fraction of sp³-hybridized carbons (Fsp3) is 0.375. The second-order valence-electron chi connectivity index (χ2n) is 8.30. The Morgan fingerprint density at radius 1 is 1.10 bits per heavy atom. The number of piperidine rings is 1. The molecule has 0 aliphatic carbocycles. The van der Waals surface area contributed by atoms with E-state index in [1.165, 1.54) is 16.7 Å². The predicted molar refractivity (Wildman–Crippen MR) is 117 cm³/mol. The zero-order valence-electron chi connectivity index (χ0n) is 16.9. The molecule has 29 heavy (non-hydrogen) atoms. The number of rotatable bonds is 6. The molecule has 1 N–H and O–H groups in total. The molecule has 0 saturated carbocycles. The summed E-state index contributed by atoms with van der Waals surface area (Å²) in [5, 5.41) is 15.2. The van der Waals surface area contributed by atoms with Gasteiger partial charge in [-0.1, -0.05) is 29.8 Å². The maximum Gasteiger partial charge on any atom is 0.0648 e. The number of aliphatic hydroxyl groups is 1. The van der Waals surface area contributed by atoms with Crippen molar-refractivity contribution >= 4 is 11.6 Å². The molecule has 1 aromatic heterocycles. The van der Waals surface area contributed by atoms with Gasteiger partial charge < -0.3 is 5.11 Å². The molecule has 0 unspecified atom stereocenters. The smallest absolute Gasteiger partial charge is 0.0648 e. The van der Waals surface area contributed by atoms with E-state index in [2.05, 4.69) is 47.3 Å². The third kappa shape index (κ3) is 4.72. The Labute approximate surface area is 177 Å². The van der Waals surface area contributed by atoms with Gasteiger partial charge in [0.05, 0.1) is 5.69 Å². The molecule has 4 nitrogen and oxygen atoms in total. The van der Waals surface area contributed by atoms with Gasteiger partial charge in [-0.25, -0.2) is 4.68 Å². The number of aromatic nitrogens is 2. The number of aryl methyl sites for hydroxylation is 1. The van der Waals surface area contributed by atoms with Crippen molar-refractivity contribution in [1.82, 2.24) is 14.7 Å². The highest BCUT2D eigenvalue weighted by Crippen LogP contribution is 2.35. The van der Waals surface area contributed by atoms with Crippen LogP contribution >= 0.6 is 11.6 Å². The van der Waals surface area contributed by atoms with E-state index < -0.39 is 0 Å². The van der Waals surface area contributed by atoms with E-state index in [-0.39, 0.29) is 12.0 Å². The van der Waals surface area contributed by atoms with Crippen molar-refractivity contribution in [3.8, 4) is 5.69 Å². The highest BCUT2D eigenvalue weighted by atomic mass is 35.5. The molecule has 0 radical (unpaired) electrons. The van der Waals surface area contributed by atoms with Crippen LogP contribution in [-0.2, 0) is 13.0 Å². The quantitative estimate of drug-likeness (QED) is 0.644. The van der Waals surface area contributed by atoms with Gasteiger partial charge in [-0.15, -0.1) is 0 Å². The average molecular weight is 410 g/mol. The minimum Gasteiger partial charge on any atom is -0.396 e. The van der Waals surface area contributed by atoms with E-state index in [9.17, 15) is 5.11 Å². The normalized spacial score (nSPS) is 16.8. The van der Waals surface area contributed by atoms with Gasteiger partial charge in [0, 0.05) is 30.6 Å². The fourth-order valence-corrected chi connectivity index (χ4v) is 4.40. The largest absolute Gasteiger partial charge is 0.396 e. The van der Waals surface area contributed by atoms with Gasteiger partial charge >= 0.3 is 0 Å². The van der Waals surface area contributed by atoms with E-state index in [1.807, 2.05) is 29.1 Å². The van der Waals surface area contributed by atoms with Crippen LogP contribution in [0.15, 0.2) is 60.9 Å². The maximum absolute atomic E-state index is 10.1. The van der Waals surface area contributed by atoms with Crippen LogP contribution in [0, 0.1) is 12.3 Å². The van der Waals surface area contributed by atoms with Crippen molar-refractivity contribution in [1.29, 1.82) is 0 Å². The van der Waals surface area contributed by atoms with E-state index in [0.717, 1.165) is 49.6 Å². The zero-order chi connectivity index (χ0) is 20.3. The molecular weight excluding hydrogens is 382 g/mol. The highest BCUT2D eigenvalue weighted by Gasteiger charge is 2.34. The lowest BCUT2D eigenvalue weighted by molar-refractivity contribution is 0.0413. The minimum absolute atomic E-state index is 0.0245. The van der Waals surface area contributed by atoms with Crippen LogP contribution in [0.5, 0.6) is 0 Å². The van der Waals surface area contributed by atoms with Crippen LogP contribution in [0.4, 0.5) is 0 Å². The molecule has 152 valence electrons. The van der Waals surface area contributed by atoms with Crippen LogP contribution in [-0.4, -0.2) is 39.5 Å². The van der Waals surface area contributed by atoms with Crippen molar-refractivity contribution in [2.24, 2.45) is 5.41 Å². The number of nitrogens with zero attached hydrogens (tertiary/aromatic N) is 3. The van der Waals surface area contributed by atoms with Crippen molar-refractivity contribution in [2.75, 3.05) is 19.7 Å². The van der Waals surface area contributed by atoms with Crippen LogP contribution in [0.2, 0.25) is 5.02 Å². The monoisotopic (exact) mass is 409 g/mol. The average Bonchev–Trinajstić information content (AvgIpc) is 3.28. The summed E-state index contributed by atoms with van der Waals surface area (Å²) in [5.74, 6) is 0. The predicted octanol–water partition coefficient (Wildman–Crippen LogP) is 4.65. The van der Waals surface area contributed by atoms with Crippen molar-refractivity contribution in [3.63, 3.8) is 0 Å². The molecule has 1 fully saturated rings. The molecule has 1 saturated heterocycles. The Morgan fingerprint density at radius 3 is 2.48 bits per heavy atom. The highest BCUT2D eigenvalue weighted by molar-refractivity contribution is 6.30. The zero-order valence-corrected chi connectivity index (χ0v) is 17.6. The van der Waals surface area contributed by atoms with E-state index in [1.54, 1.807) is 6.20 Å². The second-order valence-corrected chi connectivity index (χ2v) is 8.74. The number of hydrogen-bond acceptors (Lipinski definition) is 3. The first-order valence-corrected chi connectivity index (χ1v) is 10.6. The molecule has 3 aromatic rings. The molecule has 1 aliphatic rings. The first-order valence-electron chi connectivity index (χ1n) is 10.2. The van der Waals surface area contributed by atoms with Crippen LogP contribution < -0.4 is 0 Å². The van der Waals surface area contributed by atoms with Crippen LogP contribution in [0.25, 0.3) is 5.69 Å². The summed E-state index contributed by atoms with van der Waals surface area (Å²) >= 11 is 6.01. The standard InChI is InChI=1S/C24H28ClN3O/c1-19-15-23(28-12-2-11-26-28)8-5-21(19)17-27-13-9-24(18-29,10-14-27)16-20-3-6-22(25)7-4-20/h2-8,11-12,15,29H,9-10,13-14,16-18H2,1H3. The van der Waals surface area contributed by atoms with Crippen molar-refractivity contribution < 1.29 is 5.11 Å². The Bertz CT molecular complexity index is 929. The maximum atomic E-state index is 10.1. The van der Waals surface area contributed by atoms with Gasteiger partial charge in [0.2, 0.25) is 0 Å². The van der Waals surface area contributed by atoms with Crippen LogP contribution in [0.3, 0.4) is 0 Å². The van der Waals surface area contributed by atoms with E-state index in [0.29, 0.717) is 0 Å². The van der Waals surface area contributed by atoms with E-state index >= 15 is 0 Å². The number of likely N-dealkylation sites (tertiary alicyclic amines) is 1. The molecule has 5 heteroatoms. The number of aliphatic hydroxyl groups excluding tert-OH is 1. The lowest BCUT2D eigenvalue weighted by Crippen LogP contribution is -2.43. The lowest BCUT2D eigenvalue weighted by Gasteiger charge is -2.41. The number of halogens is 1. The minimum atomic E-state index is -0.0245. The van der Waals surface area contributed by atoms with E-state index in [4.69, 9.17) is 11.6 Å². The van der Waals surface area contributed by atoms with Crippen molar-refractivity contribution in [3.05, 3.63) is 82.6 Å². The third-order valence-corrected chi connectivity index (χ3v) is 6.49. The summed E-state index contributed by atoms with van der Waals surface area (Å²) in [6, 6.07) is 16.5. The Kier molecular flexibility index (Phi) is 6.04. The summed E-state index contributed by atoms with van der Waals surface area (Å²) < 4.78 is 1.89. The SMILES string of the molecule is Cc1cc(-n2cccn2)ccc1CN1CCC(CO)(Cc2ccc(Cl)cc2)CC1. The molecule has 4 rings (SSSR count). The molecular formula is C24H28ClN3O. The Hall–Kier alpha value is -2.14. The van der Waals surface area contributed by atoms with Gasteiger partial charge in [0.1, 0.15) is 0 Å². The number of hydrogen-bond donors (Lipinski definition) is 1. The van der Waals surface area contributed by atoms with Gasteiger partial charge in [-0.05, 0) is 91.7 Å². The summed E-state index contributed by atoms with van der Waals surface area (Å²) in [7, 11) is 0. The van der Waals surface area contributed by atoms with Gasteiger partial charge in [0.15, 0.2) is 0 Å². The van der Waals surface area contributed by atoms with Gasteiger partial charge in [-0.3, -0.25) is 4.90 Å². The summed E-state index contributed by atoms with van der Waals surface area (Å²) in [4.78, 5) is 2.51. The lowest BCUT2D eigenvalue weighted by atomic mass is 9.74. The van der Waals surface area contributed by atoms with Gasteiger partial charge in [0.25, 0.3) is 0 Å². The summed E-state index contributed by atoms with van der Waals surface area (Å²) in [6.45, 7) is 5.38. The van der Waals surface area contributed by atoms with Crippen LogP contribution in [0.1, 0.15) is 29.5 Å². The third-order valence-electron chi connectivity index (χ3n) is 6.23. The first-order chi connectivity index (χ1) is 14.1. The Balaban J connectivity index is 1.38. The molecule has 2 aromatic carbocycles. The summed E-state index contributed by atoms with van der Waals surface area (Å²) in [5.41, 5.74) is 4.97. The summed E-state index contributed by atoms with van der Waals surface area (Å²) in [6.07, 6.45) is 6.70. The molecule has 2 heterocycles.